The number of hydrogen-bond acceptors (Lipinski definition) is 4. The van der Waals surface area contributed by atoms with Crippen molar-refractivity contribution < 1.29 is 0 Å². The number of hydrogen-bond donors (Lipinski definition) is 0. The third kappa shape index (κ3) is 1.71. The second kappa shape index (κ2) is 3.55. The van der Waals surface area contributed by atoms with Gasteiger partial charge in [0, 0.05) is 0 Å². The minimum Gasteiger partial charge on any atom is -0.217 e. The lowest BCUT2D eigenvalue weighted by molar-refractivity contribution is 0.959. The Balaban J connectivity index is 2.15. The Hall–Kier alpha value is -0.430. The smallest absolute Gasteiger partial charge is 0.213 e. The third-order valence-electron chi connectivity index (χ3n) is 1.84. The maximum Gasteiger partial charge on any atom is 0.213 e. The molecular formula is C8H3BrClN3S2. The van der Waals surface area contributed by atoms with Crippen LogP contribution >= 0.6 is 50.2 Å². The van der Waals surface area contributed by atoms with Gasteiger partial charge in [-0.05, 0) is 28.1 Å². The molecule has 7 heteroatoms. The summed E-state index contributed by atoms with van der Waals surface area (Å²) in [6.45, 7) is 0. The summed E-state index contributed by atoms with van der Waals surface area (Å²) in [5.41, 5.74) is 0.915. The van der Waals surface area contributed by atoms with Gasteiger partial charge in [-0.15, -0.1) is 16.4 Å². The first-order chi connectivity index (χ1) is 7.22. The summed E-state index contributed by atoms with van der Waals surface area (Å²) in [4.78, 5) is 6.40. The normalized spacial score (nSPS) is 11.3. The number of aromatic nitrogens is 3. The summed E-state index contributed by atoms with van der Waals surface area (Å²) in [5, 5.41) is 4.23. The minimum absolute atomic E-state index is 0.774. The Morgan fingerprint density at radius 2 is 2.20 bits per heavy atom. The zero-order valence-electron chi connectivity index (χ0n) is 7.15. The molecule has 0 atom stereocenters. The number of rotatable bonds is 1. The minimum atomic E-state index is 0.774. The molecular weight excluding hydrogens is 318 g/mol. The van der Waals surface area contributed by atoms with Crippen LogP contribution in [0, 0.1) is 0 Å². The van der Waals surface area contributed by atoms with Crippen LogP contribution in [0.3, 0.4) is 0 Å². The predicted octanol–water partition coefficient (Wildman–Crippen LogP) is 3.94. The van der Waals surface area contributed by atoms with Crippen LogP contribution in [0.5, 0.6) is 0 Å². The first-order valence-electron chi connectivity index (χ1n) is 4.00. The quantitative estimate of drug-likeness (QED) is 0.680. The van der Waals surface area contributed by atoms with Crippen molar-refractivity contribution in [1.82, 2.24) is 14.6 Å². The molecule has 0 aliphatic carbocycles. The predicted molar refractivity (Wildman–Crippen MR) is 66.9 cm³/mol. The molecule has 0 bridgehead atoms. The van der Waals surface area contributed by atoms with Gasteiger partial charge in [0.1, 0.15) is 5.69 Å². The summed E-state index contributed by atoms with van der Waals surface area (Å²) >= 11 is 12.2. The fourth-order valence-electron chi connectivity index (χ4n) is 1.25. The van der Waals surface area contributed by atoms with Crippen molar-refractivity contribution in [2.45, 2.75) is 0 Å². The van der Waals surface area contributed by atoms with Crippen LogP contribution in [-0.4, -0.2) is 14.6 Å². The number of halogens is 2. The monoisotopic (exact) mass is 319 g/mol. The van der Waals surface area contributed by atoms with E-state index in [-0.39, 0.29) is 0 Å². The fourth-order valence-corrected chi connectivity index (χ4v) is 3.46. The van der Waals surface area contributed by atoms with E-state index in [4.69, 9.17) is 11.6 Å². The molecule has 0 saturated carbocycles. The largest absolute Gasteiger partial charge is 0.217 e. The van der Waals surface area contributed by atoms with Gasteiger partial charge in [0.25, 0.3) is 0 Å². The van der Waals surface area contributed by atoms with E-state index in [1.54, 1.807) is 4.52 Å². The first-order valence-corrected chi connectivity index (χ1v) is 6.80. The number of thiophene rings is 1. The highest BCUT2D eigenvalue weighted by molar-refractivity contribution is 9.11. The summed E-state index contributed by atoms with van der Waals surface area (Å²) < 4.78 is 3.37. The molecule has 76 valence electrons. The molecule has 3 nitrogen and oxygen atoms in total. The fraction of sp³-hybridized carbons (Fsp3) is 0. The van der Waals surface area contributed by atoms with Crippen LogP contribution in [0.15, 0.2) is 22.2 Å². The van der Waals surface area contributed by atoms with Crippen molar-refractivity contribution in [3.05, 3.63) is 26.6 Å². The summed E-state index contributed by atoms with van der Waals surface area (Å²) in [5.74, 6) is 0. The first kappa shape index (κ1) is 9.77. The van der Waals surface area contributed by atoms with Gasteiger partial charge in [0.2, 0.25) is 4.96 Å². The summed E-state index contributed by atoms with van der Waals surface area (Å²) in [7, 11) is 0. The van der Waals surface area contributed by atoms with E-state index in [2.05, 4.69) is 26.0 Å². The van der Waals surface area contributed by atoms with Crippen molar-refractivity contribution in [2.75, 3.05) is 0 Å². The summed E-state index contributed by atoms with van der Waals surface area (Å²) in [6, 6.07) is 3.84. The number of imidazole rings is 1. The van der Waals surface area contributed by atoms with E-state index in [0.717, 1.165) is 23.8 Å². The molecule has 3 rings (SSSR count). The Labute approximate surface area is 106 Å². The molecule has 3 heterocycles. The van der Waals surface area contributed by atoms with Gasteiger partial charge in [0.15, 0.2) is 3.92 Å². The van der Waals surface area contributed by atoms with Gasteiger partial charge in [-0.2, -0.15) is 0 Å². The van der Waals surface area contributed by atoms with Crippen LogP contribution < -0.4 is 0 Å². The van der Waals surface area contributed by atoms with E-state index < -0.39 is 0 Å². The van der Waals surface area contributed by atoms with Gasteiger partial charge in [-0.3, -0.25) is 0 Å². The highest BCUT2D eigenvalue weighted by Crippen LogP contribution is 2.31. The van der Waals surface area contributed by atoms with Crippen molar-refractivity contribution >= 4 is 55.2 Å². The van der Waals surface area contributed by atoms with Crippen LogP contribution in [0.2, 0.25) is 4.34 Å². The van der Waals surface area contributed by atoms with Crippen molar-refractivity contribution in [2.24, 2.45) is 0 Å². The molecule has 0 aliphatic rings. The lowest BCUT2D eigenvalue weighted by Gasteiger charge is -1.85. The second-order valence-corrected chi connectivity index (χ2v) is 6.76. The Morgan fingerprint density at radius 1 is 1.33 bits per heavy atom. The standard InChI is InChI=1S/C8H3BrClN3S2/c9-7-12-13-3-4(11-8(13)15-7)5-1-2-6(10)14-5/h1-3H. The molecule has 0 spiro atoms. The van der Waals surface area contributed by atoms with E-state index in [1.165, 1.54) is 22.7 Å². The van der Waals surface area contributed by atoms with Crippen LogP contribution in [0.25, 0.3) is 15.5 Å². The Morgan fingerprint density at radius 3 is 2.87 bits per heavy atom. The molecule has 3 aromatic heterocycles. The molecule has 0 unspecified atom stereocenters. The summed E-state index contributed by atoms with van der Waals surface area (Å²) in [6.07, 6.45) is 1.90. The van der Waals surface area contributed by atoms with E-state index in [0.29, 0.717) is 0 Å². The van der Waals surface area contributed by atoms with Gasteiger partial charge in [-0.1, -0.05) is 22.9 Å². The van der Waals surface area contributed by atoms with Gasteiger partial charge in [-0.25, -0.2) is 9.50 Å². The lowest BCUT2D eigenvalue weighted by atomic mass is 10.4. The molecule has 0 amide bonds. The average molecular weight is 321 g/mol. The van der Waals surface area contributed by atoms with E-state index >= 15 is 0 Å². The molecule has 15 heavy (non-hydrogen) atoms. The zero-order valence-corrected chi connectivity index (χ0v) is 11.1. The molecule has 3 aromatic rings. The van der Waals surface area contributed by atoms with Gasteiger partial charge < -0.3 is 0 Å². The number of fused-ring (bicyclic) bond motifs is 1. The molecule has 0 saturated heterocycles. The molecule has 0 aliphatic heterocycles. The van der Waals surface area contributed by atoms with Crippen molar-refractivity contribution in [3.8, 4) is 10.6 Å². The van der Waals surface area contributed by atoms with E-state index in [1.807, 2.05) is 18.3 Å². The lowest BCUT2D eigenvalue weighted by Crippen LogP contribution is -1.77. The van der Waals surface area contributed by atoms with Crippen LogP contribution in [0.1, 0.15) is 0 Å². The molecule has 0 aromatic carbocycles. The third-order valence-corrected chi connectivity index (χ3v) is 4.45. The highest BCUT2D eigenvalue weighted by Gasteiger charge is 2.09. The highest BCUT2D eigenvalue weighted by atomic mass is 79.9. The van der Waals surface area contributed by atoms with Crippen LogP contribution in [-0.2, 0) is 0 Å². The van der Waals surface area contributed by atoms with E-state index in [9.17, 15) is 0 Å². The SMILES string of the molecule is Clc1ccc(-c2cn3nc(Br)sc3n2)s1. The molecule has 0 N–H and O–H groups in total. The zero-order chi connectivity index (χ0) is 10.4. The average Bonchev–Trinajstić information content (AvgIpc) is 2.78. The van der Waals surface area contributed by atoms with Crippen molar-refractivity contribution in [3.63, 3.8) is 0 Å². The maximum absolute atomic E-state index is 5.87. The van der Waals surface area contributed by atoms with Crippen molar-refractivity contribution in [1.29, 1.82) is 0 Å². The molecule has 0 radical (unpaired) electrons. The van der Waals surface area contributed by atoms with Gasteiger partial charge in [0.05, 0.1) is 15.4 Å². The molecule has 0 fully saturated rings. The second-order valence-electron chi connectivity index (χ2n) is 2.81. The number of nitrogens with zero attached hydrogens (tertiary/aromatic N) is 3. The topological polar surface area (TPSA) is 30.2 Å². The van der Waals surface area contributed by atoms with Crippen LogP contribution in [0.4, 0.5) is 0 Å². The van der Waals surface area contributed by atoms with Gasteiger partial charge >= 0.3 is 0 Å². The maximum atomic E-state index is 5.87. The Bertz CT molecular complexity index is 595. The Kier molecular flexibility index (Phi) is 2.31.